The first-order chi connectivity index (χ1) is 19.6. The summed E-state index contributed by atoms with van der Waals surface area (Å²) in [4.78, 5) is 17.1. The van der Waals surface area contributed by atoms with E-state index in [1.807, 2.05) is 24.3 Å². The lowest BCUT2D eigenvalue weighted by atomic mass is 10.0. The number of benzene rings is 2. The highest BCUT2D eigenvalue weighted by Crippen LogP contribution is 2.44. The van der Waals surface area contributed by atoms with Gasteiger partial charge in [-0.3, -0.25) is 4.90 Å². The SMILES string of the molecule is N#CC[C@H]1CN(c2nc(OCC3(N4CCCC4)CC3)nc3c2CCN(c2cccc4cccc(F)c24)C3)CCN1. The van der Waals surface area contributed by atoms with E-state index in [0.29, 0.717) is 31.0 Å². The summed E-state index contributed by atoms with van der Waals surface area (Å²) in [5, 5.41) is 14.3. The molecule has 2 aromatic carbocycles. The quantitative estimate of drug-likeness (QED) is 0.480. The number of fused-ring (bicyclic) bond motifs is 2. The zero-order valence-electron chi connectivity index (χ0n) is 22.9. The van der Waals surface area contributed by atoms with E-state index in [2.05, 4.69) is 26.1 Å². The number of anilines is 2. The highest BCUT2D eigenvalue weighted by molar-refractivity contribution is 5.95. The van der Waals surface area contributed by atoms with Crippen molar-refractivity contribution in [3.8, 4) is 12.1 Å². The maximum absolute atomic E-state index is 15.0. The van der Waals surface area contributed by atoms with Crippen LogP contribution in [-0.2, 0) is 13.0 Å². The second kappa shape index (κ2) is 10.5. The summed E-state index contributed by atoms with van der Waals surface area (Å²) in [5.74, 6) is 0.728. The van der Waals surface area contributed by atoms with Crippen LogP contribution < -0.4 is 19.9 Å². The van der Waals surface area contributed by atoms with Crippen molar-refractivity contribution in [2.24, 2.45) is 0 Å². The van der Waals surface area contributed by atoms with Gasteiger partial charge in [-0.25, -0.2) is 4.39 Å². The molecular formula is C31H36FN7O. The molecule has 1 aromatic heterocycles. The summed E-state index contributed by atoms with van der Waals surface area (Å²) < 4.78 is 21.4. The van der Waals surface area contributed by atoms with Gasteiger partial charge in [0, 0.05) is 48.9 Å². The molecule has 0 radical (unpaired) electrons. The normalized spacial score (nSPS) is 22.2. The summed E-state index contributed by atoms with van der Waals surface area (Å²) in [7, 11) is 0. The highest BCUT2D eigenvalue weighted by Gasteiger charge is 2.49. The monoisotopic (exact) mass is 541 g/mol. The van der Waals surface area contributed by atoms with Crippen molar-refractivity contribution < 1.29 is 9.13 Å². The molecule has 3 fully saturated rings. The molecular weight excluding hydrogens is 505 g/mol. The molecule has 8 nitrogen and oxygen atoms in total. The molecule has 1 saturated carbocycles. The summed E-state index contributed by atoms with van der Waals surface area (Å²) in [5.41, 5.74) is 3.12. The Morgan fingerprint density at radius 3 is 2.67 bits per heavy atom. The Bertz CT molecular complexity index is 1440. The molecule has 0 bridgehead atoms. The van der Waals surface area contributed by atoms with Crippen LogP contribution in [0.1, 0.15) is 43.4 Å². The van der Waals surface area contributed by atoms with Crippen LogP contribution in [0.3, 0.4) is 0 Å². The van der Waals surface area contributed by atoms with Gasteiger partial charge in [-0.1, -0.05) is 24.3 Å². The lowest BCUT2D eigenvalue weighted by Gasteiger charge is -2.37. The van der Waals surface area contributed by atoms with E-state index >= 15 is 4.39 Å². The number of hydrogen-bond donors (Lipinski definition) is 1. The number of hydrogen-bond acceptors (Lipinski definition) is 8. The number of piperazine rings is 1. The Morgan fingerprint density at radius 2 is 1.88 bits per heavy atom. The van der Waals surface area contributed by atoms with Crippen molar-refractivity contribution in [3.05, 3.63) is 53.5 Å². The van der Waals surface area contributed by atoms with Gasteiger partial charge < -0.3 is 19.9 Å². The third-order valence-corrected chi connectivity index (χ3v) is 9.16. The Balaban J connectivity index is 1.21. The second-order valence-electron chi connectivity index (χ2n) is 11.7. The molecule has 1 atom stereocenters. The number of rotatable bonds is 7. The maximum Gasteiger partial charge on any atom is 0.318 e. The molecule has 3 aliphatic heterocycles. The molecule has 1 N–H and O–H groups in total. The standard InChI is InChI=1S/C31H36FN7O/c32-25-7-3-5-22-6-4-8-27(28(22)25)37-17-10-24-26(20-37)35-30(40-21-31(11-12-31)39-15-1-2-16-39)36-29(24)38-18-14-34-23(19-38)9-13-33/h3-8,23,34H,1-2,9-12,14-21H2/t23-/m0/s1. The van der Waals surface area contributed by atoms with Gasteiger partial charge in [0.2, 0.25) is 0 Å². The van der Waals surface area contributed by atoms with Crippen LogP contribution in [-0.4, -0.2) is 72.3 Å². The van der Waals surface area contributed by atoms with Crippen LogP contribution in [0.2, 0.25) is 0 Å². The Hall–Kier alpha value is -3.48. The van der Waals surface area contributed by atoms with Gasteiger partial charge in [-0.15, -0.1) is 0 Å². The predicted octanol–water partition coefficient (Wildman–Crippen LogP) is 4.03. The summed E-state index contributed by atoms with van der Waals surface area (Å²) in [6, 6.07) is 14.1. The van der Waals surface area contributed by atoms with Crippen LogP contribution in [0.25, 0.3) is 10.8 Å². The van der Waals surface area contributed by atoms with E-state index in [1.165, 1.54) is 31.7 Å². The van der Waals surface area contributed by atoms with Crippen LogP contribution in [0, 0.1) is 17.1 Å². The van der Waals surface area contributed by atoms with E-state index < -0.39 is 0 Å². The first-order valence-electron chi connectivity index (χ1n) is 14.7. The van der Waals surface area contributed by atoms with E-state index in [4.69, 9.17) is 14.7 Å². The number of nitriles is 1. The minimum atomic E-state index is -0.202. The largest absolute Gasteiger partial charge is 0.461 e. The van der Waals surface area contributed by atoms with Crippen LogP contribution in [0.15, 0.2) is 36.4 Å². The van der Waals surface area contributed by atoms with Crippen molar-refractivity contribution in [1.82, 2.24) is 20.2 Å². The first-order valence-corrected chi connectivity index (χ1v) is 14.7. The molecule has 40 heavy (non-hydrogen) atoms. The molecule has 2 saturated heterocycles. The van der Waals surface area contributed by atoms with E-state index in [1.54, 1.807) is 6.07 Å². The summed E-state index contributed by atoms with van der Waals surface area (Å²) in [6.07, 6.45) is 6.08. The van der Waals surface area contributed by atoms with Gasteiger partial charge in [0.25, 0.3) is 0 Å². The highest BCUT2D eigenvalue weighted by atomic mass is 19.1. The van der Waals surface area contributed by atoms with Crippen molar-refractivity contribution in [2.45, 2.75) is 56.7 Å². The molecule has 0 unspecified atom stereocenters. The number of nitrogens with zero attached hydrogens (tertiary/aromatic N) is 6. The lowest BCUT2D eigenvalue weighted by molar-refractivity contribution is 0.134. The van der Waals surface area contributed by atoms with E-state index in [0.717, 1.165) is 73.8 Å². The van der Waals surface area contributed by atoms with Gasteiger partial charge in [-0.05, 0) is 62.7 Å². The van der Waals surface area contributed by atoms with Crippen molar-refractivity contribution in [3.63, 3.8) is 0 Å². The fourth-order valence-electron chi connectivity index (χ4n) is 6.81. The molecule has 9 heteroatoms. The number of halogens is 1. The number of nitrogens with one attached hydrogen (secondary N) is 1. The summed E-state index contributed by atoms with van der Waals surface area (Å²) >= 11 is 0. The van der Waals surface area contributed by atoms with Gasteiger partial charge in [-0.2, -0.15) is 15.2 Å². The van der Waals surface area contributed by atoms with E-state index in [9.17, 15) is 5.26 Å². The van der Waals surface area contributed by atoms with Crippen LogP contribution in [0.4, 0.5) is 15.9 Å². The molecule has 3 aromatic rings. The van der Waals surface area contributed by atoms with Gasteiger partial charge in [0.1, 0.15) is 18.2 Å². The summed E-state index contributed by atoms with van der Waals surface area (Å²) in [6.45, 7) is 6.59. The fourth-order valence-corrected chi connectivity index (χ4v) is 6.81. The van der Waals surface area contributed by atoms with Gasteiger partial charge in [0.15, 0.2) is 0 Å². The van der Waals surface area contributed by atoms with Crippen molar-refractivity contribution in [2.75, 3.05) is 55.7 Å². The van der Waals surface area contributed by atoms with Crippen molar-refractivity contribution in [1.29, 1.82) is 5.26 Å². The molecule has 4 heterocycles. The smallest absolute Gasteiger partial charge is 0.318 e. The second-order valence-corrected chi connectivity index (χ2v) is 11.7. The number of aromatic nitrogens is 2. The molecule has 7 rings (SSSR count). The average Bonchev–Trinajstić information content (AvgIpc) is 3.56. The lowest BCUT2D eigenvalue weighted by Crippen LogP contribution is -2.51. The third-order valence-electron chi connectivity index (χ3n) is 9.16. The number of likely N-dealkylation sites (tertiary alicyclic amines) is 1. The molecule has 4 aliphatic rings. The molecule has 0 amide bonds. The Labute approximate surface area is 234 Å². The molecule has 208 valence electrons. The zero-order chi connectivity index (χ0) is 27.1. The minimum absolute atomic E-state index is 0.109. The van der Waals surface area contributed by atoms with Crippen LogP contribution >= 0.6 is 0 Å². The topological polar surface area (TPSA) is 80.5 Å². The maximum atomic E-state index is 15.0. The van der Waals surface area contributed by atoms with Gasteiger partial charge in [0.05, 0.1) is 30.3 Å². The minimum Gasteiger partial charge on any atom is -0.461 e. The van der Waals surface area contributed by atoms with Crippen molar-refractivity contribution >= 4 is 22.3 Å². The zero-order valence-corrected chi connectivity index (χ0v) is 22.9. The van der Waals surface area contributed by atoms with Gasteiger partial charge >= 0.3 is 6.01 Å². The molecule has 1 aliphatic carbocycles. The van der Waals surface area contributed by atoms with Crippen LogP contribution in [0.5, 0.6) is 6.01 Å². The average molecular weight is 542 g/mol. The fraction of sp³-hybridized carbons (Fsp3) is 0.516. The predicted molar refractivity (Wildman–Crippen MR) is 153 cm³/mol. The first kappa shape index (κ1) is 25.5. The third kappa shape index (κ3) is 4.73. The number of ether oxygens (including phenoxy) is 1. The van der Waals surface area contributed by atoms with E-state index in [-0.39, 0.29) is 17.4 Å². The molecule has 0 spiro atoms. The Kier molecular flexibility index (Phi) is 6.68. The Morgan fingerprint density at radius 1 is 1.05 bits per heavy atom.